The van der Waals surface area contributed by atoms with Gasteiger partial charge in [0.2, 0.25) is 0 Å². The van der Waals surface area contributed by atoms with Gasteiger partial charge in [0, 0.05) is 37.0 Å². The van der Waals surface area contributed by atoms with Crippen LogP contribution >= 0.6 is 11.3 Å². The van der Waals surface area contributed by atoms with Crippen LogP contribution in [0.2, 0.25) is 0 Å². The minimum Gasteiger partial charge on any atom is -0.370 e. The van der Waals surface area contributed by atoms with Crippen LogP contribution in [-0.2, 0) is 17.8 Å². The molecule has 0 amide bonds. The fourth-order valence-corrected chi connectivity index (χ4v) is 5.98. The van der Waals surface area contributed by atoms with E-state index in [0.29, 0.717) is 6.61 Å². The van der Waals surface area contributed by atoms with Crippen LogP contribution in [0.4, 0.5) is 11.6 Å². The molecule has 2 aliphatic heterocycles. The number of unbranched alkanes of at least 4 members (excludes halogenated alkanes) is 3. The smallest absolute Gasteiger partial charge is 0.147 e. The number of pyridine rings is 1. The predicted octanol–water partition coefficient (Wildman–Crippen LogP) is 5.68. The molecule has 6 nitrogen and oxygen atoms in total. The average molecular weight is 440 g/mol. The summed E-state index contributed by atoms with van der Waals surface area (Å²) in [5.41, 5.74) is 3.51. The van der Waals surface area contributed by atoms with E-state index in [2.05, 4.69) is 36.0 Å². The van der Waals surface area contributed by atoms with Gasteiger partial charge in [0.1, 0.15) is 22.8 Å². The second kappa shape index (κ2) is 8.51. The lowest BCUT2D eigenvalue weighted by atomic mass is 9.90. The van der Waals surface area contributed by atoms with E-state index in [0.717, 1.165) is 52.7 Å². The van der Waals surface area contributed by atoms with Crippen LogP contribution in [-0.4, -0.2) is 40.2 Å². The van der Waals surface area contributed by atoms with Crippen LogP contribution < -0.4 is 10.2 Å². The van der Waals surface area contributed by atoms with E-state index < -0.39 is 0 Å². The Morgan fingerprint density at radius 2 is 1.97 bits per heavy atom. The SMILES string of the molecule is CCCCCCNc1ncnc2c1sc1nc(N3CCCC3)c3c(c12)CC(C)(C)OC3. The van der Waals surface area contributed by atoms with Crippen molar-refractivity contribution in [3.8, 4) is 0 Å². The lowest BCUT2D eigenvalue weighted by Crippen LogP contribution is -2.33. The minimum atomic E-state index is -0.175. The minimum absolute atomic E-state index is 0.175. The monoisotopic (exact) mass is 439 g/mol. The molecule has 1 N–H and O–H groups in total. The summed E-state index contributed by atoms with van der Waals surface area (Å²) in [4.78, 5) is 18.0. The van der Waals surface area contributed by atoms with E-state index in [1.165, 1.54) is 55.0 Å². The number of ether oxygens (including phenoxy) is 1. The Balaban J connectivity index is 1.60. The first-order valence-corrected chi connectivity index (χ1v) is 12.6. The summed E-state index contributed by atoms with van der Waals surface area (Å²) in [5, 5.41) is 4.78. The van der Waals surface area contributed by atoms with Gasteiger partial charge in [-0.25, -0.2) is 15.0 Å². The van der Waals surface area contributed by atoms with Crippen molar-refractivity contribution in [3.05, 3.63) is 17.5 Å². The summed E-state index contributed by atoms with van der Waals surface area (Å²) < 4.78 is 7.36. The van der Waals surface area contributed by atoms with Crippen molar-refractivity contribution >= 4 is 43.4 Å². The standard InChI is InChI=1S/C24H33N5OS/c1-4-5-6-7-10-25-21-20-19(26-15-27-21)18-16-13-24(2,3)30-14-17(16)22(28-23(18)31-20)29-11-8-9-12-29/h15H,4-14H2,1-3H3,(H,25,26,27). The summed E-state index contributed by atoms with van der Waals surface area (Å²) >= 11 is 1.74. The second-order valence-electron chi connectivity index (χ2n) is 9.48. The normalized spacial score (nSPS) is 18.1. The first-order chi connectivity index (χ1) is 15.1. The van der Waals surface area contributed by atoms with Crippen molar-refractivity contribution in [2.45, 2.75) is 77.9 Å². The van der Waals surface area contributed by atoms with Crippen LogP contribution in [0.5, 0.6) is 0 Å². The van der Waals surface area contributed by atoms with Gasteiger partial charge in [-0.1, -0.05) is 26.2 Å². The summed E-state index contributed by atoms with van der Waals surface area (Å²) in [6, 6.07) is 0. The Bertz CT molecular complexity index is 1090. The van der Waals surface area contributed by atoms with Crippen molar-refractivity contribution in [2.24, 2.45) is 0 Å². The number of hydrogen-bond acceptors (Lipinski definition) is 7. The maximum atomic E-state index is 6.23. The number of rotatable bonds is 7. The molecule has 0 bridgehead atoms. The predicted molar refractivity (Wildman–Crippen MR) is 129 cm³/mol. The molecule has 31 heavy (non-hydrogen) atoms. The van der Waals surface area contributed by atoms with Gasteiger partial charge in [-0.05, 0) is 38.7 Å². The third-order valence-electron chi connectivity index (χ3n) is 6.53. The van der Waals surface area contributed by atoms with Gasteiger partial charge in [0.25, 0.3) is 0 Å². The molecule has 0 atom stereocenters. The molecule has 5 rings (SSSR count). The number of fused-ring (bicyclic) bond motifs is 5. The van der Waals surface area contributed by atoms with E-state index in [9.17, 15) is 0 Å². The molecular formula is C24H33N5OS. The van der Waals surface area contributed by atoms with Crippen molar-refractivity contribution in [1.29, 1.82) is 0 Å². The average Bonchev–Trinajstić information content (AvgIpc) is 3.40. The highest BCUT2D eigenvalue weighted by Crippen LogP contribution is 2.44. The number of nitrogens with zero attached hydrogens (tertiary/aromatic N) is 4. The Morgan fingerprint density at radius 1 is 1.13 bits per heavy atom. The van der Waals surface area contributed by atoms with Crippen molar-refractivity contribution in [1.82, 2.24) is 15.0 Å². The molecule has 0 aromatic carbocycles. The fourth-order valence-electron chi connectivity index (χ4n) is 4.86. The summed E-state index contributed by atoms with van der Waals surface area (Å²) in [5.74, 6) is 2.08. The van der Waals surface area contributed by atoms with Crippen molar-refractivity contribution in [3.63, 3.8) is 0 Å². The number of thiophene rings is 1. The summed E-state index contributed by atoms with van der Waals surface area (Å²) in [7, 11) is 0. The van der Waals surface area contributed by atoms with E-state index in [1.807, 2.05) is 0 Å². The summed E-state index contributed by atoms with van der Waals surface area (Å²) in [6.07, 6.45) is 10.0. The van der Waals surface area contributed by atoms with Gasteiger partial charge in [-0.15, -0.1) is 11.3 Å². The maximum Gasteiger partial charge on any atom is 0.147 e. The van der Waals surface area contributed by atoms with Gasteiger partial charge in [0.15, 0.2) is 0 Å². The Morgan fingerprint density at radius 3 is 2.77 bits per heavy atom. The van der Waals surface area contributed by atoms with Gasteiger partial charge in [-0.2, -0.15) is 0 Å². The largest absolute Gasteiger partial charge is 0.370 e. The zero-order chi connectivity index (χ0) is 21.4. The van der Waals surface area contributed by atoms with Crippen LogP contribution in [0.15, 0.2) is 6.33 Å². The molecule has 3 aromatic rings. The molecule has 0 saturated carbocycles. The van der Waals surface area contributed by atoms with E-state index in [1.54, 1.807) is 17.7 Å². The number of aromatic nitrogens is 3. The third kappa shape index (κ3) is 3.98. The lowest BCUT2D eigenvalue weighted by molar-refractivity contribution is -0.0395. The van der Waals surface area contributed by atoms with Crippen LogP contribution in [0, 0.1) is 0 Å². The zero-order valence-corrected chi connectivity index (χ0v) is 19.8. The maximum absolute atomic E-state index is 6.23. The van der Waals surface area contributed by atoms with E-state index in [-0.39, 0.29) is 5.60 Å². The molecule has 0 aliphatic carbocycles. The van der Waals surface area contributed by atoms with E-state index >= 15 is 0 Å². The summed E-state index contributed by atoms with van der Waals surface area (Å²) in [6.45, 7) is 10.4. The highest BCUT2D eigenvalue weighted by atomic mass is 32.1. The molecule has 0 spiro atoms. The molecule has 3 aromatic heterocycles. The van der Waals surface area contributed by atoms with Gasteiger partial charge < -0.3 is 15.0 Å². The third-order valence-corrected chi connectivity index (χ3v) is 7.61. The Labute approximate surface area is 188 Å². The number of anilines is 2. The molecule has 0 unspecified atom stereocenters. The Hall–Kier alpha value is -1.99. The highest BCUT2D eigenvalue weighted by molar-refractivity contribution is 7.26. The Kier molecular flexibility index (Phi) is 5.73. The van der Waals surface area contributed by atoms with Crippen molar-refractivity contribution in [2.75, 3.05) is 29.9 Å². The van der Waals surface area contributed by atoms with Gasteiger partial charge in [0.05, 0.1) is 22.4 Å². The van der Waals surface area contributed by atoms with Crippen molar-refractivity contribution < 1.29 is 4.74 Å². The quantitative estimate of drug-likeness (QED) is 0.478. The molecule has 1 fully saturated rings. The number of hydrogen-bond donors (Lipinski definition) is 1. The molecular weight excluding hydrogens is 406 g/mol. The molecule has 2 aliphatic rings. The van der Waals surface area contributed by atoms with Crippen LogP contribution in [0.3, 0.4) is 0 Å². The van der Waals surface area contributed by atoms with Gasteiger partial charge in [-0.3, -0.25) is 0 Å². The first kappa shape index (κ1) is 20.9. The zero-order valence-electron chi connectivity index (χ0n) is 19.0. The second-order valence-corrected chi connectivity index (χ2v) is 10.5. The molecule has 0 radical (unpaired) electrons. The molecule has 7 heteroatoms. The molecule has 1 saturated heterocycles. The molecule has 5 heterocycles. The van der Waals surface area contributed by atoms with E-state index in [4.69, 9.17) is 14.7 Å². The lowest BCUT2D eigenvalue weighted by Gasteiger charge is -2.34. The fraction of sp³-hybridized carbons (Fsp3) is 0.625. The highest BCUT2D eigenvalue weighted by Gasteiger charge is 2.33. The van der Waals surface area contributed by atoms with Crippen LogP contribution in [0.25, 0.3) is 20.4 Å². The first-order valence-electron chi connectivity index (χ1n) is 11.8. The molecule has 166 valence electrons. The number of nitrogens with one attached hydrogen (secondary N) is 1. The van der Waals surface area contributed by atoms with Crippen LogP contribution in [0.1, 0.15) is 70.4 Å². The topological polar surface area (TPSA) is 63.2 Å². The van der Waals surface area contributed by atoms with Gasteiger partial charge >= 0.3 is 0 Å².